The van der Waals surface area contributed by atoms with E-state index >= 15 is 0 Å². The molecule has 8 heteroatoms. The number of carbonyl (C=O) groups is 1. The van der Waals surface area contributed by atoms with Crippen LogP contribution < -0.4 is 16.4 Å². The zero-order valence-corrected chi connectivity index (χ0v) is 13.7. The van der Waals surface area contributed by atoms with Crippen LogP contribution in [-0.2, 0) is 11.8 Å². The fraction of sp³-hybridized carbons (Fsp3) is 0.500. The van der Waals surface area contributed by atoms with Crippen LogP contribution in [-0.4, -0.2) is 33.2 Å². The van der Waals surface area contributed by atoms with E-state index in [4.69, 9.17) is 11.1 Å². The highest BCUT2D eigenvalue weighted by molar-refractivity contribution is 6.00. The van der Waals surface area contributed by atoms with Crippen LogP contribution >= 0.6 is 0 Å². The number of anilines is 1. The Balaban J connectivity index is 1.59. The first kappa shape index (κ1) is 16.2. The van der Waals surface area contributed by atoms with E-state index in [0.29, 0.717) is 12.5 Å². The van der Waals surface area contributed by atoms with Gasteiger partial charge in [-0.25, -0.2) is 4.98 Å². The molecule has 0 unspecified atom stereocenters. The number of aryl methyl sites for hydroxylation is 1. The number of hydrogen-bond donors (Lipinski definition) is 4. The third kappa shape index (κ3) is 3.47. The maximum Gasteiger partial charge on any atom is 0.227 e. The van der Waals surface area contributed by atoms with E-state index < -0.39 is 0 Å². The molecule has 8 nitrogen and oxygen atoms in total. The molecular weight excluding hydrogens is 306 g/mol. The number of nitrogens with two attached hydrogens (primary N) is 1. The molecule has 5 N–H and O–H groups in total. The van der Waals surface area contributed by atoms with Crippen molar-refractivity contribution in [2.45, 2.75) is 25.7 Å². The Morgan fingerprint density at radius 3 is 2.88 bits per heavy atom. The molecule has 0 aliphatic heterocycles. The molecule has 1 aliphatic rings. The van der Waals surface area contributed by atoms with Gasteiger partial charge in [-0.3, -0.25) is 14.9 Å². The van der Waals surface area contributed by atoms with Crippen LogP contribution in [0.1, 0.15) is 25.7 Å². The van der Waals surface area contributed by atoms with Crippen molar-refractivity contribution in [1.82, 2.24) is 20.1 Å². The SMILES string of the molecule is Cn1ncc2c(NC(=O)C3CCC(CNC(=N)N)CC3)ccnc21. The minimum absolute atomic E-state index is 0.00745. The van der Waals surface area contributed by atoms with Crippen molar-refractivity contribution in [3.05, 3.63) is 18.5 Å². The molecule has 0 bridgehead atoms. The first-order chi connectivity index (χ1) is 11.5. The van der Waals surface area contributed by atoms with Gasteiger partial charge in [-0.1, -0.05) is 0 Å². The maximum absolute atomic E-state index is 12.6. The molecule has 2 heterocycles. The molecular formula is C16H23N7O. The Hall–Kier alpha value is -2.64. The molecule has 1 amide bonds. The maximum atomic E-state index is 12.6. The number of nitrogens with zero attached hydrogens (tertiary/aromatic N) is 3. The summed E-state index contributed by atoms with van der Waals surface area (Å²) in [5.41, 5.74) is 6.83. The van der Waals surface area contributed by atoms with Crippen molar-refractivity contribution < 1.29 is 4.79 Å². The number of aromatic nitrogens is 3. The molecule has 2 aromatic rings. The molecule has 1 aliphatic carbocycles. The predicted molar refractivity (Wildman–Crippen MR) is 92.5 cm³/mol. The van der Waals surface area contributed by atoms with Gasteiger partial charge >= 0.3 is 0 Å². The predicted octanol–water partition coefficient (Wildman–Crippen LogP) is 1.20. The van der Waals surface area contributed by atoms with Gasteiger partial charge in [0.15, 0.2) is 11.6 Å². The Bertz CT molecular complexity index is 746. The average molecular weight is 329 g/mol. The lowest BCUT2D eigenvalue weighted by molar-refractivity contribution is -0.121. The standard InChI is InChI=1S/C16H23N7O/c1-23-14-12(9-21-23)13(6-7-19-14)22-15(24)11-4-2-10(3-5-11)8-20-16(17)18/h6-7,9-11H,2-5,8H2,1H3,(H4,17,18,20)(H,19,22,24). The minimum Gasteiger partial charge on any atom is -0.370 e. The van der Waals surface area contributed by atoms with Crippen LogP contribution in [0.5, 0.6) is 0 Å². The zero-order valence-electron chi connectivity index (χ0n) is 13.7. The quantitative estimate of drug-likeness (QED) is 0.496. The lowest BCUT2D eigenvalue weighted by Crippen LogP contribution is -2.36. The summed E-state index contributed by atoms with van der Waals surface area (Å²) in [7, 11) is 1.83. The summed E-state index contributed by atoms with van der Waals surface area (Å²) in [4.78, 5) is 16.8. The summed E-state index contributed by atoms with van der Waals surface area (Å²) in [6.45, 7) is 0.713. The van der Waals surface area contributed by atoms with E-state index in [2.05, 4.69) is 20.7 Å². The van der Waals surface area contributed by atoms with E-state index in [9.17, 15) is 4.79 Å². The summed E-state index contributed by atoms with van der Waals surface area (Å²) in [5, 5.41) is 18.1. The van der Waals surface area contributed by atoms with Crippen LogP contribution in [0.2, 0.25) is 0 Å². The number of pyridine rings is 1. The second-order valence-corrected chi connectivity index (χ2v) is 6.37. The Labute approximate surface area is 140 Å². The second kappa shape index (κ2) is 6.86. The Morgan fingerprint density at radius 1 is 1.42 bits per heavy atom. The Morgan fingerprint density at radius 2 is 2.17 bits per heavy atom. The fourth-order valence-corrected chi connectivity index (χ4v) is 3.27. The highest BCUT2D eigenvalue weighted by atomic mass is 16.1. The van der Waals surface area contributed by atoms with Crippen molar-refractivity contribution in [3.63, 3.8) is 0 Å². The fourth-order valence-electron chi connectivity index (χ4n) is 3.27. The summed E-state index contributed by atoms with van der Waals surface area (Å²) in [6.07, 6.45) is 7.06. The molecule has 0 aromatic carbocycles. The molecule has 2 aromatic heterocycles. The number of fused-ring (bicyclic) bond motifs is 1. The third-order valence-electron chi connectivity index (χ3n) is 4.69. The number of guanidine groups is 1. The first-order valence-electron chi connectivity index (χ1n) is 8.20. The first-order valence-corrected chi connectivity index (χ1v) is 8.20. The molecule has 0 atom stereocenters. The number of nitrogens with one attached hydrogen (secondary N) is 3. The van der Waals surface area contributed by atoms with Crippen molar-refractivity contribution in [3.8, 4) is 0 Å². The normalized spacial score (nSPS) is 20.7. The topological polar surface area (TPSA) is 122 Å². The van der Waals surface area contributed by atoms with Crippen molar-refractivity contribution in [1.29, 1.82) is 5.41 Å². The van der Waals surface area contributed by atoms with Crippen LogP contribution in [0.25, 0.3) is 11.0 Å². The highest BCUT2D eigenvalue weighted by Crippen LogP contribution is 2.30. The van der Waals surface area contributed by atoms with Gasteiger partial charge in [-0.15, -0.1) is 0 Å². The monoisotopic (exact) mass is 329 g/mol. The number of rotatable bonds is 4. The largest absolute Gasteiger partial charge is 0.370 e. The molecule has 0 saturated heterocycles. The molecule has 24 heavy (non-hydrogen) atoms. The number of carbonyl (C=O) groups excluding carboxylic acids is 1. The van der Waals surface area contributed by atoms with Crippen molar-refractivity contribution in [2.24, 2.45) is 24.6 Å². The van der Waals surface area contributed by atoms with Gasteiger partial charge in [-0.2, -0.15) is 5.10 Å². The number of amides is 1. The van der Waals surface area contributed by atoms with Crippen LogP contribution in [0.15, 0.2) is 18.5 Å². The van der Waals surface area contributed by atoms with Crippen LogP contribution in [0.4, 0.5) is 5.69 Å². The minimum atomic E-state index is 0.00745. The number of hydrogen-bond acceptors (Lipinski definition) is 4. The van der Waals surface area contributed by atoms with Gasteiger partial charge in [0.05, 0.1) is 17.3 Å². The lowest BCUT2D eigenvalue weighted by atomic mass is 9.81. The van der Waals surface area contributed by atoms with Gasteiger partial charge in [0.25, 0.3) is 0 Å². The molecule has 128 valence electrons. The lowest BCUT2D eigenvalue weighted by Gasteiger charge is -2.28. The van der Waals surface area contributed by atoms with Gasteiger partial charge in [0.1, 0.15) is 0 Å². The van der Waals surface area contributed by atoms with Gasteiger partial charge in [0, 0.05) is 25.7 Å². The summed E-state index contributed by atoms with van der Waals surface area (Å²) >= 11 is 0. The van der Waals surface area contributed by atoms with E-state index in [1.54, 1.807) is 17.1 Å². The Kier molecular flexibility index (Phi) is 4.64. The van der Waals surface area contributed by atoms with Gasteiger partial charge in [-0.05, 0) is 37.7 Å². The summed E-state index contributed by atoms with van der Waals surface area (Å²) < 4.78 is 1.69. The van der Waals surface area contributed by atoms with E-state index in [-0.39, 0.29) is 17.8 Å². The average Bonchev–Trinajstić information content (AvgIpc) is 2.96. The third-order valence-corrected chi connectivity index (χ3v) is 4.69. The summed E-state index contributed by atoms with van der Waals surface area (Å²) in [5.74, 6) is 0.569. The van der Waals surface area contributed by atoms with E-state index in [1.165, 1.54) is 0 Å². The highest BCUT2D eigenvalue weighted by Gasteiger charge is 2.26. The van der Waals surface area contributed by atoms with Gasteiger partial charge < -0.3 is 16.4 Å². The van der Waals surface area contributed by atoms with E-state index in [0.717, 1.165) is 42.4 Å². The second-order valence-electron chi connectivity index (χ2n) is 6.37. The smallest absolute Gasteiger partial charge is 0.227 e. The van der Waals surface area contributed by atoms with Crippen molar-refractivity contribution >= 4 is 28.6 Å². The molecule has 1 saturated carbocycles. The molecule has 0 spiro atoms. The molecule has 0 radical (unpaired) electrons. The molecule has 3 rings (SSSR count). The summed E-state index contributed by atoms with van der Waals surface area (Å²) in [6, 6.07) is 1.81. The van der Waals surface area contributed by atoms with Crippen LogP contribution in [0, 0.1) is 17.2 Å². The van der Waals surface area contributed by atoms with Crippen molar-refractivity contribution in [2.75, 3.05) is 11.9 Å². The van der Waals surface area contributed by atoms with E-state index in [1.807, 2.05) is 13.1 Å². The molecule has 1 fully saturated rings. The zero-order chi connectivity index (χ0) is 17.1. The van der Waals surface area contributed by atoms with Gasteiger partial charge in [0.2, 0.25) is 5.91 Å². The van der Waals surface area contributed by atoms with Crippen LogP contribution in [0.3, 0.4) is 0 Å².